The van der Waals surface area contributed by atoms with Gasteiger partial charge in [0.1, 0.15) is 5.75 Å². The molecule has 3 rings (SSSR count). The predicted octanol–water partition coefficient (Wildman–Crippen LogP) is 2.30. The molecule has 20 heavy (non-hydrogen) atoms. The summed E-state index contributed by atoms with van der Waals surface area (Å²) in [6.07, 6.45) is 0. The van der Waals surface area contributed by atoms with Crippen LogP contribution in [0, 0.1) is 0 Å². The molecule has 1 aliphatic heterocycles. The van der Waals surface area contributed by atoms with Crippen molar-refractivity contribution in [1.29, 1.82) is 0 Å². The van der Waals surface area contributed by atoms with Crippen molar-refractivity contribution in [2.45, 2.75) is 0 Å². The van der Waals surface area contributed by atoms with E-state index in [0.29, 0.717) is 5.75 Å². The summed E-state index contributed by atoms with van der Waals surface area (Å²) in [7, 11) is 0. The average molecular weight is 290 g/mol. The van der Waals surface area contributed by atoms with Crippen LogP contribution in [0.15, 0.2) is 54.6 Å². The fourth-order valence-corrected chi connectivity index (χ4v) is 1.94. The molecule has 1 atom stereocenters. The number of nitrogens with one attached hydrogen (secondary N) is 2. The minimum Gasteiger partial charge on any atom is -0.507 e. The van der Waals surface area contributed by atoms with Gasteiger partial charge in [-0.3, -0.25) is 0 Å². The molecule has 1 unspecified atom stereocenters. The number of piperazine rings is 1. The molecule has 2 aromatic rings. The zero-order chi connectivity index (χ0) is 13.3. The summed E-state index contributed by atoms with van der Waals surface area (Å²) in [6.45, 7) is 4.56. The highest BCUT2D eigenvalue weighted by atomic mass is 31.0. The second kappa shape index (κ2) is 9.49. The standard InChI is InChI=1S/C12H10O.C4H10N2.H3P/c13-12-9-5-4-8-11(12)10-6-2-1-3-7-10;1-2-6-4-3-5-1;/h1-9,13H;5-6H,1-4H2;1H3. The van der Waals surface area contributed by atoms with E-state index in [1.54, 1.807) is 6.07 Å². The lowest BCUT2D eigenvalue weighted by Gasteiger charge is -2.11. The summed E-state index contributed by atoms with van der Waals surface area (Å²) in [6, 6.07) is 17.2. The van der Waals surface area contributed by atoms with Gasteiger partial charge in [0.15, 0.2) is 0 Å². The number of hydrogen-bond donors (Lipinski definition) is 3. The lowest BCUT2D eigenvalue weighted by Crippen LogP contribution is -2.39. The number of phenols is 1. The van der Waals surface area contributed by atoms with E-state index in [4.69, 9.17) is 0 Å². The van der Waals surface area contributed by atoms with Crippen LogP contribution in [0.2, 0.25) is 0 Å². The fourth-order valence-electron chi connectivity index (χ4n) is 1.94. The van der Waals surface area contributed by atoms with Crippen LogP contribution in [0.5, 0.6) is 5.75 Å². The number of benzene rings is 2. The van der Waals surface area contributed by atoms with Crippen LogP contribution in [0.25, 0.3) is 11.1 Å². The first-order valence-corrected chi connectivity index (χ1v) is 6.63. The Hall–Kier alpha value is -1.41. The number of para-hydroxylation sites is 1. The van der Waals surface area contributed by atoms with E-state index in [2.05, 4.69) is 10.6 Å². The van der Waals surface area contributed by atoms with Crippen molar-refractivity contribution in [1.82, 2.24) is 10.6 Å². The molecule has 3 nitrogen and oxygen atoms in total. The molecule has 0 aromatic heterocycles. The third-order valence-corrected chi connectivity index (χ3v) is 2.95. The minimum atomic E-state index is 0. The van der Waals surface area contributed by atoms with Crippen LogP contribution in [-0.2, 0) is 0 Å². The molecular weight excluding hydrogens is 267 g/mol. The van der Waals surface area contributed by atoms with Crippen molar-refractivity contribution >= 4 is 9.90 Å². The van der Waals surface area contributed by atoms with Crippen molar-refractivity contribution in [2.24, 2.45) is 0 Å². The smallest absolute Gasteiger partial charge is 0.123 e. The van der Waals surface area contributed by atoms with E-state index in [0.717, 1.165) is 37.3 Å². The molecule has 2 aromatic carbocycles. The quantitative estimate of drug-likeness (QED) is 0.706. The Kier molecular flexibility index (Phi) is 7.89. The Balaban J connectivity index is 0.000000243. The fraction of sp³-hybridized carbons (Fsp3) is 0.250. The Morgan fingerprint density at radius 1 is 0.700 bits per heavy atom. The zero-order valence-corrected chi connectivity index (χ0v) is 13.1. The Bertz CT molecular complexity index is 475. The molecule has 1 aliphatic rings. The summed E-state index contributed by atoms with van der Waals surface area (Å²) >= 11 is 0. The van der Waals surface area contributed by atoms with Gasteiger partial charge in [-0.2, -0.15) is 9.90 Å². The zero-order valence-electron chi connectivity index (χ0n) is 11.7. The van der Waals surface area contributed by atoms with E-state index >= 15 is 0 Å². The number of hydrogen-bond acceptors (Lipinski definition) is 3. The van der Waals surface area contributed by atoms with Crippen molar-refractivity contribution in [2.75, 3.05) is 26.2 Å². The Morgan fingerprint density at radius 2 is 1.20 bits per heavy atom. The van der Waals surface area contributed by atoms with E-state index in [9.17, 15) is 5.11 Å². The number of rotatable bonds is 1. The van der Waals surface area contributed by atoms with Crippen molar-refractivity contribution in [3.8, 4) is 16.9 Å². The molecule has 0 aliphatic carbocycles. The molecular formula is C16H23N2OP. The van der Waals surface area contributed by atoms with Crippen molar-refractivity contribution in [3.63, 3.8) is 0 Å². The number of aromatic hydroxyl groups is 1. The van der Waals surface area contributed by atoms with Gasteiger partial charge in [-0.05, 0) is 11.6 Å². The first-order chi connectivity index (χ1) is 9.38. The minimum absolute atomic E-state index is 0. The van der Waals surface area contributed by atoms with E-state index in [1.807, 2.05) is 48.5 Å². The molecule has 0 spiro atoms. The third-order valence-electron chi connectivity index (χ3n) is 2.95. The summed E-state index contributed by atoms with van der Waals surface area (Å²) < 4.78 is 0. The summed E-state index contributed by atoms with van der Waals surface area (Å²) in [4.78, 5) is 0. The van der Waals surface area contributed by atoms with Gasteiger partial charge in [-0.25, -0.2) is 0 Å². The molecule has 1 saturated heterocycles. The molecule has 0 radical (unpaired) electrons. The van der Waals surface area contributed by atoms with Gasteiger partial charge in [0.2, 0.25) is 0 Å². The van der Waals surface area contributed by atoms with Gasteiger partial charge in [0.05, 0.1) is 0 Å². The molecule has 4 heteroatoms. The molecule has 0 bridgehead atoms. The highest BCUT2D eigenvalue weighted by Crippen LogP contribution is 2.27. The highest BCUT2D eigenvalue weighted by molar-refractivity contribution is 6.92. The SMILES string of the molecule is C1CNCCN1.Oc1ccccc1-c1ccccc1.P. The van der Waals surface area contributed by atoms with Gasteiger partial charge in [-0.1, -0.05) is 48.5 Å². The maximum absolute atomic E-state index is 9.56. The predicted molar refractivity (Wildman–Crippen MR) is 90.4 cm³/mol. The van der Waals surface area contributed by atoms with Gasteiger partial charge in [0, 0.05) is 31.7 Å². The van der Waals surface area contributed by atoms with Crippen molar-refractivity contribution in [3.05, 3.63) is 54.6 Å². The lowest BCUT2D eigenvalue weighted by atomic mass is 10.1. The first kappa shape index (κ1) is 16.6. The maximum Gasteiger partial charge on any atom is 0.123 e. The summed E-state index contributed by atoms with van der Waals surface area (Å²) in [5.74, 6) is 0.328. The van der Waals surface area contributed by atoms with Crippen molar-refractivity contribution < 1.29 is 5.11 Å². The molecule has 0 saturated carbocycles. The maximum atomic E-state index is 9.56. The Morgan fingerprint density at radius 3 is 1.70 bits per heavy atom. The lowest BCUT2D eigenvalue weighted by molar-refractivity contribution is 0.477. The average Bonchev–Trinajstić information content (AvgIpc) is 2.51. The Labute approximate surface area is 124 Å². The topological polar surface area (TPSA) is 44.3 Å². The van der Waals surface area contributed by atoms with E-state index in [-0.39, 0.29) is 9.90 Å². The van der Waals surface area contributed by atoms with Crippen LogP contribution in [-0.4, -0.2) is 31.3 Å². The van der Waals surface area contributed by atoms with E-state index in [1.165, 1.54) is 0 Å². The summed E-state index contributed by atoms with van der Waals surface area (Å²) in [5.41, 5.74) is 1.92. The molecule has 108 valence electrons. The summed E-state index contributed by atoms with van der Waals surface area (Å²) in [5, 5.41) is 16.0. The van der Waals surface area contributed by atoms with Gasteiger partial charge >= 0.3 is 0 Å². The molecule has 0 amide bonds. The second-order valence-electron chi connectivity index (χ2n) is 4.38. The normalized spacial score (nSPS) is 13.6. The van der Waals surface area contributed by atoms with Crippen LogP contribution >= 0.6 is 9.90 Å². The third kappa shape index (κ3) is 5.30. The van der Waals surface area contributed by atoms with E-state index < -0.39 is 0 Å². The van der Waals surface area contributed by atoms with Gasteiger partial charge in [-0.15, -0.1) is 0 Å². The van der Waals surface area contributed by atoms with Gasteiger partial charge in [0.25, 0.3) is 0 Å². The largest absolute Gasteiger partial charge is 0.507 e. The second-order valence-corrected chi connectivity index (χ2v) is 4.38. The van der Waals surface area contributed by atoms with Gasteiger partial charge < -0.3 is 15.7 Å². The molecule has 3 N–H and O–H groups in total. The van der Waals surface area contributed by atoms with Crippen LogP contribution < -0.4 is 10.6 Å². The van der Waals surface area contributed by atoms with Crippen LogP contribution in [0.3, 0.4) is 0 Å². The highest BCUT2D eigenvalue weighted by Gasteiger charge is 2.00. The molecule has 1 fully saturated rings. The van der Waals surface area contributed by atoms with Crippen LogP contribution in [0.4, 0.5) is 0 Å². The van der Waals surface area contributed by atoms with Crippen LogP contribution in [0.1, 0.15) is 0 Å². The molecule has 1 heterocycles. The monoisotopic (exact) mass is 290 g/mol. The first-order valence-electron chi connectivity index (χ1n) is 6.63. The number of phenolic OH excluding ortho intramolecular Hbond substituents is 1.